The number of amides is 1. The quantitative estimate of drug-likeness (QED) is 0.882. The van der Waals surface area contributed by atoms with E-state index in [0.29, 0.717) is 6.42 Å². The number of rotatable bonds is 5. The maximum atomic E-state index is 11.8. The van der Waals surface area contributed by atoms with Crippen molar-refractivity contribution in [3.05, 3.63) is 64.6 Å². The van der Waals surface area contributed by atoms with E-state index in [1.807, 2.05) is 61.5 Å². The average molecular weight is 333 g/mol. The monoisotopic (exact) mass is 332 g/mol. The van der Waals surface area contributed by atoms with Crippen molar-refractivity contribution >= 4 is 27.5 Å². The summed E-state index contributed by atoms with van der Waals surface area (Å²) in [5.41, 5.74) is 6.70. The van der Waals surface area contributed by atoms with Gasteiger partial charge in [0.05, 0.1) is 0 Å². The molecule has 0 aliphatic heterocycles. The minimum Gasteiger partial charge on any atom is -0.371 e. The lowest BCUT2D eigenvalue weighted by Crippen LogP contribution is -2.49. The number of primary amides is 1. The zero-order chi connectivity index (χ0) is 14.6. The molecule has 1 atom stereocenters. The predicted octanol–water partition coefficient (Wildman–Crippen LogP) is 3.35. The Bertz CT molecular complexity index is 583. The summed E-state index contributed by atoms with van der Waals surface area (Å²) in [5, 5.41) is 3.23. The van der Waals surface area contributed by atoms with Gasteiger partial charge in [0.2, 0.25) is 5.91 Å². The molecule has 0 aliphatic carbocycles. The normalized spacial score (nSPS) is 13.5. The van der Waals surface area contributed by atoms with Gasteiger partial charge in [-0.3, -0.25) is 4.79 Å². The van der Waals surface area contributed by atoms with Gasteiger partial charge in [0.25, 0.3) is 0 Å². The predicted molar refractivity (Wildman–Crippen MR) is 85.5 cm³/mol. The van der Waals surface area contributed by atoms with Gasteiger partial charge >= 0.3 is 0 Å². The van der Waals surface area contributed by atoms with Crippen molar-refractivity contribution in [3.63, 3.8) is 0 Å². The molecule has 104 valence electrons. The van der Waals surface area contributed by atoms with Crippen LogP contribution in [-0.4, -0.2) is 11.4 Å². The molecule has 0 radical (unpaired) electrons. The van der Waals surface area contributed by atoms with Crippen LogP contribution in [0.2, 0.25) is 0 Å². The first-order valence-corrected chi connectivity index (χ1v) is 7.16. The number of nitrogens with two attached hydrogens (primary N) is 1. The lowest BCUT2D eigenvalue weighted by atomic mass is 9.91. The number of para-hydroxylation sites is 1. The van der Waals surface area contributed by atoms with E-state index in [2.05, 4.69) is 21.2 Å². The maximum Gasteiger partial charge on any atom is 0.243 e. The molecule has 0 fully saturated rings. The van der Waals surface area contributed by atoms with Crippen molar-refractivity contribution in [2.45, 2.75) is 18.9 Å². The summed E-state index contributed by atoms with van der Waals surface area (Å²) in [5.74, 6) is -0.371. The fourth-order valence-electron chi connectivity index (χ4n) is 2.04. The minimum atomic E-state index is -0.824. The molecule has 2 aromatic carbocycles. The highest BCUT2D eigenvalue weighted by Crippen LogP contribution is 2.21. The molecular formula is C16H17BrN2O. The largest absolute Gasteiger partial charge is 0.371 e. The van der Waals surface area contributed by atoms with E-state index in [9.17, 15) is 4.79 Å². The number of nitrogens with one attached hydrogen (secondary N) is 1. The lowest BCUT2D eigenvalue weighted by Gasteiger charge is -2.29. The summed E-state index contributed by atoms with van der Waals surface area (Å²) < 4.78 is 1.01. The second kappa shape index (κ2) is 6.09. The number of carbonyl (C=O) groups excluding carboxylic acids is 1. The molecular weight excluding hydrogens is 316 g/mol. The molecule has 0 heterocycles. The molecule has 2 aromatic rings. The Labute approximate surface area is 127 Å². The first-order valence-electron chi connectivity index (χ1n) is 6.37. The molecule has 4 heteroatoms. The highest BCUT2D eigenvalue weighted by atomic mass is 79.9. The van der Waals surface area contributed by atoms with Crippen molar-refractivity contribution in [1.29, 1.82) is 0 Å². The molecule has 2 rings (SSSR count). The Morgan fingerprint density at radius 1 is 1.15 bits per heavy atom. The third-order valence-corrected chi connectivity index (χ3v) is 3.74. The molecule has 20 heavy (non-hydrogen) atoms. The van der Waals surface area contributed by atoms with Crippen molar-refractivity contribution in [1.82, 2.24) is 0 Å². The molecule has 0 saturated heterocycles. The first kappa shape index (κ1) is 14.6. The molecule has 3 N–H and O–H groups in total. The van der Waals surface area contributed by atoms with E-state index >= 15 is 0 Å². The van der Waals surface area contributed by atoms with Gasteiger partial charge in [-0.15, -0.1) is 0 Å². The standard InChI is InChI=1S/C16H17BrN2O/c1-16(15(18)20,19-14-5-3-2-4-6-14)11-12-7-9-13(17)10-8-12/h2-10,19H,11H2,1H3,(H2,18,20). The molecule has 0 saturated carbocycles. The minimum absolute atomic E-state index is 0.371. The number of carbonyl (C=O) groups is 1. The van der Waals surface area contributed by atoms with E-state index in [-0.39, 0.29) is 5.91 Å². The summed E-state index contributed by atoms with van der Waals surface area (Å²) >= 11 is 3.40. The van der Waals surface area contributed by atoms with Crippen LogP contribution in [0.3, 0.4) is 0 Å². The van der Waals surface area contributed by atoms with Gasteiger partial charge in [-0.1, -0.05) is 46.3 Å². The molecule has 0 bridgehead atoms. The Hall–Kier alpha value is -1.81. The summed E-state index contributed by atoms with van der Waals surface area (Å²) in [6.07, 6.45) is 0.532. The van der Waals surface area contributed by atoms with Crippen molar-refractivity contribution in [2.24, 2.45) is 5.73 Å². The molecule has 0 aromatic heterocycles. The summed E-state index contributed by atoms with van der Waals surface area (Å²) in [7, 11) is 0. The Morgan fingerprint density at radius 2 is 1.75 bits per heavy atom. The van der Waals surface area contributed by atoms with Gasteiger partial charge in [0.15, 0.2) is 0 Å². The summed E-state index contributed by atoms with van der Waals surface area (Å²) in [6, 6.07) is 17.5. The van der Waals surface area contributed by atoms with E-state index in [1.54, 1.807) is 0 Å². The maximum absolute atomic E-state index is 11.8. The number of hydrogen-bond acceptors (Lipinski definition) is 2. The van der Waals surface area contributed by atoms with Crippen LogP contribution < -0.4 is 11.1 Å². The Kier molecular flexibility index (Phi) is 4.45. The lowest BCUT2D eigenvalue weighted by molar-refractivity contribution is -0.121. The third kappa shape index (κ3) is 3.61. The van der Waals surface area contributed by atoms with Crippen LogP contribution >= 0.6 is 15.9 Å². The zero-order valence-electron chi connectivity index (χ0n) is 11.3. The van der Waals surface area contributed by atoms with E-state index in [0.717, 1.165) is 15.7 Å². The van der Waals surface area contributed by atoms with Crippen LogP contribution in [0.1, 0.15) is 12.5 Å². The summed E-state index contributed by atoms with van der Waals surface area (Å²) in [4.78, 5) is 11.8. The highest BCUT2D eigenvalue weighted by molar-refractivity contribution is 9.10. The fourth-order valence-corrected chi connectivity index (χ4v) is 2.31. The number of benzene rings is 2. The van der Waals surface area contributed by atoms with Crippen LogP contribution in [0.15, 0.2) is 59.1 Å². The van der Waals surface area contributed by atoms with Gasteiger partial charge in [-0.05, 0) is 36.8 Å². The number of anilines is 1. The van der Waals surface area contributed by atoms with Crippen molar-refractivity contribution in [2.75, 3.05) is 5.32 Å². The van der Waals surface area contributed by atoms with Gasteiger partial charge in [0, 0.05) is 16.6 Å². The van der Waals surface area contributed by atoms with E-state index in [1.165, 1.54) is 0 Å². The smallest absolute Gasteiger partial charge is 0.243 e. The first-order chi connectivity index (χ1) is 9.49. The van der Waals surface area contributed by atoms with Crippen molar-refractivity contribution < 1.29 is 4.79 Å². The number of halogens is 1. The van der Waals surface area contributed by atoms with Crippen LogP contribution in [-0.2, 0) is 11.2 Å². The topological polar surface area (TPSA) is 55.1 Å². The molecule has 1 unspecified atom stereocenters. The second-order valence-corrected chi connectivity index (χ2v) is 5.91. The van der Waals surface area contributed by atoms with Gasteiger partial charge in [0.1, 0.15) is 5.54 Å². The third-order valence-electron chi connectivity index (χ3n) is 3.21. The fraction of sp³-hybridized carbons (Fsp3) is 0.188. The van der Waals surface area contributed by atoms with Gasteiger partial charge in [-0.25, -0.2) is 0 Å². The van der Waals surface area contributed by atoms with Gasteiger partial charge < -0.3 is 11.1 Å². The van der Waals surface area contributed by atoms with Gasteiger partial charge in [-0.2, -0.15) is 0 Å². The zero-order valence-corrected chi connectivity index (χ0v) is 12.9. The SMILES string of the molecule is CC(Cc1ccc(Br)cc1)(Nc1ccccc1)C(N)=O. The molecule has 0 aliphatic rings. The van der Waals surface area contributed by atoms with E-state index < -0.39 is 5.54 Å². The summed E-state index contributed by atoms with van der Waals surface area (Å²) in [6.45, 7) is 1.82. The Morgan fingerprint density at radius 3 is 2.30 bits per heavy atom. The van der Waals surface area contributed by atoms with Crippen LogP contribution in [0.4, 0.5) is 5.69 Å². The second-order valence-electron chi connectivity index (χ2n) is 4.99. The van der Waals surface area contributed by atoms with E-state index in [4.69, 9.17) is 5.73 Å². The van der Waals surface area contributed by atoms with Crippen LogP contribution in [0.5, 0.6) is 0 Å². The van der Waals surface area contributed by atoms with Crippen LogP contribution in [0.25, 0.3) is 0 Å². The molecule has 1 amide bonds. The Balaban J connectivity index is 2.21. The average Bonchev–Trinajstić information content (AvgIpc) is 2.42. The molecule has 3 nitrogen and oxygen atoms in total. The van der Waals surface area contributed by atoms with Crippen LogP contribution in [0, 0.1) is 0 Å². The highest BCUT2D eigenvalue weighted by Gasteiger charge is 2.31. The van der Waals surface area contributed by atoms with Crippen molar-refractivity contribution in [3.8, 4) is 0 Å². The molecule has 0 spiro atoms. The number of hydrogen-bond donors (Lipinski definition) is 2.